The van der Waals surface area contributed by atoms with Gasteiger partial charge in [0, 0.05) is 26.2 Å². The number of rotatable bonds is 8. The Morgan fingerprint density at radius 2 is 1.66 bits per heavy atom. The van der Waals surface area contributed by atoms with Crippen molar-refractivity contribution in [1.29, 1.82) is 0 Å². The molecule has 1 unspecified atom stereocenters. The second kappa shape index (κ2) is 10.4. The van der Waals surface area contributed by atoms with Gasteiger partial charge in [-0.3, -0.25) is 14.4 Å². The Morgan fingerprint density at radius 3 is 2.22 bits per heavy atom. The van der Waals surface area contributed by atoms with Gasteiger partial charge in [-0.25, -0.2) is 0 Å². The van der Waals surface area contributed by atoms with E-state index in [1.807, 2.05) is 0 Å². The summed E-state index contributed by atoms with van der Waals surface area (Å²) in [5, 5.41) is 0. The molecule has 2 aliphatic carbocycles. The minimum absolute atomic E-state index is 0.0104. The van der Waals surface area contributed by atoms with Crippen LogP contribution >= 0.6 is 0 Å². The average molecular weight is 451 g/mol. The Balaban J connectivity index is 2.24. The van der Waals surface area contributed by atoms with E-state index in [-0.39, 0.29) is 52.8 Å². The molecular weight excluding hydrogens is 408 g/mol. The Labute approximate surface area is 193 Å². The van der Waals surface area contributed by atoms with Crippen LogP contribution in [0.3, 0.4) is 0 Å². The van der Waals surface area contributed by atoms with Crippen LogP contribution in [0.4, 0.5) is 0 Å². The first-order valence-corrected chi connectivity index (χ1v) is 12.0. The molecule has 0 aromatic rings. The third kappa shape index (κ3) is 5.93. The number of carbonyl (C=O) groups is 3. The van der Waals surface area contributed by atoms with E-state index in [1.165, 1.54) is 20.8 Å². The van der Waals surface area contributed by atoms with Crippen molar-refractivity contribution >= 4 is 17.9 Å². The lowest BCUT2D eigenvalue weighted by molar-refractivity contribution is -0.182. The van der Waals surface area contributed by atoms with Crippen molar-refractivity contribution in [1.82, 2.24) is 0 Å². The summed E-state index contributed by atoms with van der Waals surface area (Å²) >= 11 is 0. The highest BCUT2D eigenvalue weighted by molar-refractivity contribution is 5.67. The van der Waals surface area contributed by atoms with Gasteiger partial charge in [0.2, 0.25) is 0 Å². The quantitative estimate of drug-likeness (QED) is 0.286. The maximum absolute atomic E-state index is 11.8. The maximum atomic E-state index is 11.8. The first kappa shape index (κ1) is 26.4. The molecule has 0 amide bonds. The van der Waals surface area contributed by atoms with Gasteiger partial charge in [-0.2, -0.15) is 0 Å². The molecule has 0 spiro atoms. The fourth-order valence-electron chi connectivity index (χ4n) is 6.32. The number of fused-ring (bicyclic) bond motifs is 1. The van der Waals surface area contributed by atoms with Gasteiger partial charge >= 0.3 is 17.9 Å². The number of hydrogen-bond donors (Lipinski definition) is 0. The number of ether oxygens (including phenoxy) is 3. The smallest absolute Gasteiger partial charge is 0.303 e. The first-order chi connectivity index (χ1) is 14.8. The predicted molar refractivity (Wildman–Crippen MR) is 123 cm³/mol. The van der Waals surface area contributed by atoms with Gasteiger partial charge in [0.1, 0.15) is 12.2 Å². The van der Waals surface area contributed by atoms with Gasteiger partial charge in [-0.1, -0.05) is 34.3 Å². The molecule has 6 heteroatoms. The minimum atomic E-state index is -0.317. The van der Waals surface area contributed by atoms with E-state index >= 15 is 0 Å². The summed E-state index contributed by atoms with van der Waals surface area (Å²) in [4.78, 5) is 34.6. The van der Waals surface area contributed by atoms with Crippen molar-refractivity contribution in [3.05, 3.63) is 12.2 Å². The number of esters is 3. The van der Waals surface area contributed by atoms with Crippen LogP contribution in [0.25, 0.3) is 0 Å². The summed E-state index contributed by atoms with van der Waals surface area (Å²) in [6.45, 7) is 18.1. The molecule has 2 fully saturated rings. The first-order valence-electron chi connectivity index (χ1n) is 12.0. The van der Waals surface area contributed by atoms with E-state index < -0.39 is 0 Å². The fraction of sp³-hybridized carbons (Fsp3) is 0.808. The zero-order chi connectivity index (χ0) is 24.3. The largest absolute Gasteiger partial charge is 0.466 e. The van der Waals surface area contributed by atoms with E-state index in [9.17, 15) is 14.4 Å². The van der Waals surface area contributed by atoms with Crippen LogP contribution in [0, 0.1) is 28.6 Å². The molecule has 0 N–H and O–H groups in total. The van der Waals surface area contributed by atoms with Crippen LogP contribution in [-0.4, -0.2) is 36.7 Å². The van der Waals surface area contributed by atoms with E-state index in [0.29, 0.717) is 18.9 Å². The summed E-state index contributed by atoms with van der Waals surface area (Å²) in [5.74, 6) is 0.0523. The van der Waals surface area contributed by atoms with Crippen molar-refractivity contribution in [3.63, 3.8) is 0 Å². The van der Waals surface area contributed by atoms with Gasteiger partial charge in [0.15, 0.2) is 0 Å². The van der Waals surface area contributed by atoms with Crippen LogP contribution in [-0.2, 0) is 28.6 Å². The lowest BCUT2D eigenvalue weighted by Crippen LogP contribution is -2.58. The highest BCUT2D eigenvalue weighted by atomic mass is 16.5. The second-order valence-corrected chi connectivity index (χ2v) is 10.8. The molecule has 0 bridgehead atoms. The van der Waals surface area contributed by atoms with E-state index in [1.54, 1.807) is 0 Å². The maximum Gasteiger partial charge on any atom is 0.303 e. The van der Waals surface area contributed by atoms with Gasteiger partial charge in [-0.15, -0.1) is 0 Å². The van der Waals surface area contributed by atoms with Gasteiger partial charge < -0.3 is 14.2 Å². The Morgan fingerprint density at radius 1 is 1.03 bits per heavy atom. The molecule has 182 valence electrons. The SMILES string of the molecule is C=C1[C@H](OC(C)=O)CC2C(C)(C)[C@@H](OC(C)=O)CC[C@]2(C)[C@H]1CC[C@H](C)CCOC(C)=O. The highest BCUT2D eigenvalue weighted by Crippen LogP contribution is 2.62. The number of hydrogen-bond acceptors (Lipinski definition) is 6. The molecule has 0 aliphatic heterocycles. The van der Waals surface area contributed by atoms with Crippen molar-refractivity contribution in [2.75, 3.05) is 6.61 Å². The molecule has 32 heavy (non-hydrogen) atoms. The molecule has 2 aliphatic rings. The molecule has 0 aromatic heterocycles. The Bertz CT molecular complexity index is 726. The zero-order valence-electron chi connectivity index (χ0n) is 21.0. The third-order valence-electron chi connectivity index (χ3n) is 8.06. The summed E-state index contributed by atoms with van der Waals surface area (Å²) < 4.78 is 16.6. The molecule has 6 nitrogen and oxygen atoms in total. The topological polar surface area (TPSA) is 78.9 Å². The monoisotopic (exact) mass is 450 g/mol. The highest BCUT2D eigenvalue weighted by Gasteiger charge is 2.59. The molecule has 6 atom stereocenters. The lowest BCUT2D eigenvalue weighted by Gasteiger charge is -2.61. The molecule has 0 saturated heterocycles. The fourth-order valence-corrected chi connectivity index (χ4v) is 6.32. The third-order valence-corrected chi connectivity index (χ3v) is 8.06. The number of carbonyl (C=O) groups excluding carboxylic acids is 3. The van der Waals surface area contributed by atoms with Gasteiger partial charge in [0.25, 0.3) is 0 Å². The van der Waals surface area contributed by atoms with E-state index in [2.05, 4.69) is 34.3 Å². The standard InChI is InChI=1S/C26H42O6/c1-16(12-14-30-18(3)27)9-10-21-17(2)22(31-19(4)28)15-23-25(6,7)24(32-20(5)29)11-13-26(21,23)8/h16,21-24H,2,9-15H2,1,3-8H3/t16-,21-,22+,23?,24-,26+/m0/s1. The predicted octanol–water partition coefficient (Wildman–Crippen LogP) is 5.24. The van der Waals surface area contributed by atoms with Crippen LogP contribution in [0.2, 0.25) is 0 Å². The van der Waals surface area contributed by atoms with Gasteiger partial charge in [-0.05, 0) is 67.3 Å². The van der Waals surface area contributed by atoms with Crippen LogP contribution in [0.5, 0.6) is 0 Å². The van der Waals surface area contributed by atoms with Crippen molar-refractivity contribution in [3.8, 4) is 0 Å². The van der Waals surface area contributed by atoms with Crippen LogP contribution in [0.1, 0.15) is 87.0 Å². The summed E-state index contributed by atoms with van der Waals surface area (Å²) in [6.07, 6.45) is 4.76. The Hall–Kier alpha value is -1.85. The molecule has 0 heterocycles. The van der Waals surface area contributed by atoms with E-state index in [4.69, 9.17) is 14.2 Å². The molecular formula is C26H42O6. The van der Waals surface area contributed by atoms with Crippen LogP contribution < -0.4 is 0 Å². The van der Waals surface area contributed by atoms with Crippen molar-refractivity contribution in [2.24, 2.45) is 28.6 Å². The summed E-state index contributed by atoms with van der Waals surface area (Å²) in [6, 6.07) is 0. The normalized spacial score (nSPS) is 32.4. The van der Waals surface area contributed by atoms with Crippen LogP contribution in [0.15, 0.2) is 12.2 Å². The zero-order valence-corrected chi connectivity index (χ0v) is 21.0. The lowest BCUT2D eigenvalue weighted by atomic mass is 9.45. The molecule has 2 rings (SSSR count). The molecule has 0 radical (unpaired) electrons. The minimum Gasteiger partial charge on any atom is -0.466 e. The van der Waals surface area contributed by atoms with E-state index in [0.717, 1.165) is 37.7 Å². The molecule has 2 saturated carbocycles. The average Bonchev–Trinajstić information content (AvgIpc) is 2.65. The second-order valence-electron chi connectivity index (χ2n) is 10.8. The molecule has 0 aromatic carbocycles. The Kier molecular flexibility index (Phi) is 8.57. The summed E-state index contributed by atoms with van der Waals surface area (Å²) in [5.41, 5.74) is 0.758. The van der Waals surface area contributed by atoms with Crippen molar-refractivity contribution in [2.45, 2.75) is 99.2 Å². The van der Waals surface area contributed by atoms with Gasteiger partial charge in [0.05, 0.1) is 6.61 Å². The summed E-state index contributed by atoms with van der Waals surface area (Å²) in [7, 11) is 0. The van der Waals surface area contributed by atoms with Crippen molar-refractivity contribution < 1.29 is 28.6 Å².